The summed E-state index contributed by atoms with van der Waals surface area (Å²) in [6, 6.07) is 3.19. The van der Waals surface area contributed by atoms with E-state index in [4.69, 9.17) is 0 Å². The van der Waals surface area contributed by atoms with Gasteiger partial charge in [0.05, 0.1) is 12.2 Å². The molecule has 0 bridgehead atoms. The van der Waals surface area contributed by atoms with Gasteiger partial charge in [0.2, 0.25) is 0 Å². The van der Waals surface area contributed by atoms with Gasteiger partial charge in [-0.3, -0.25) is 0 Å². The Labute approximate surface area is 102 Å². The summed E-state index contributed by atoms with van der Waals surface area (Å²) < 4.78 is 2.11. The average molecular weight is 235 g/mol. The van der Waals surface area contributed by atoms with Crippen LogP contribution in [0.5, 0.6) is 0 Å². The van der Waals surface area contributed by atoms with Crippen molar-refractivity contribution in [2.75, 3.05) is 31.5 Å². The molecule has 0 aromatic carbocycles. The van der Waals surface area contributed by atoms with Crippen molar-refractivity contribution < 1.29 is 0 Å². The van der Waals surface area contributed by atoms with Crippen molar-refractivity contribution in [3.05, 3.63) is 12.3 Å². The Morgan fingerprint density at radius 3 is 3.06 bits per heavy atom. The van der Waals surface area contributed by atoms with Crippen LogP contribution in [0.1, 0.15) is 19.4 Å². The van der Waals surface area contributed by atoms with Crippen molar-refractivity contribution in [2.24, 2.45) is 5.92 Å². The molecule has 2 unspecified atom stereocenters. The van der Waals surface area contributed by atoms with Crippen molar-refractivity contribution >= 4 is 5.82 Å². The third kappa shape index (κ3) is 2.17. The molecule has 94 valence electrons. The van der Waals surface area contributed by atoms with E-state index in [0.29, 0.717) is 12.1 Å². The zero-order valence-electron chi connectivity index (χ0n) is 10.3. The van der Waals surface area contributed by atoms with E-state index in [1.54, 1.807) is 0 Å². The lowest BCUT2D eigenvalue weighted by molar-refractivity contribution is 0.321. The van der Waals surface area contributed by atoms with Crippen molar-refractivity contribution in [1.82, 2.24) is 20.4 Å². The molecule has 0 saturated carbocycles. The molecular weight excluding hydrogens is 214 g/mol. The third-order valence-corrected chi connectivity index (χ3v) is 3.97. The quantitative estimate of drug-likeness (QED) is 0.709. The van der Waals surface area contributed by atoms with E-state index in [0.717, 1.165) is 37.9 Å². The van der Waals surface area contributed by atoms with E-state index in [1.807, 2.05) is 6.20 Å². The Kier molecular flexibility index (Phi) is 3.03. The van der Waals surface area contributed by atoms with Crippen LogP contribution >= 0.6 is 0 Å². The molecule has 3 heterocycles. The normalized spacial score (nSPS) is 29.2. The van der Waals surface area contributed by atoms with Gasteiger partial charge < -0.3 is 16.0 Å². The maximum absolute atomic E-state index is 4.40. The zero-order chi connectivity index (χ0) is 11.7. The molecule has 3 rings (SSSR count). The van der Waals surface area contributed by atoms with Crippen LogP contribution in [0.2, 0.25) is 0 Å². The van der Waals surface area contributed by atoms with Gasteiger partial charge in [-0.2, -0.15) is 5.10 Å². The minimum Gasteiger partial charge on any atom is -0.369 e. The number of nitrogens with one attached hydrogen (secondary N) is 3. The minimum absolute atomic E-state index is 0.529. The molecule has 2 aliphatic heterocycles. The average Bonchev–Trinajstić information content (AvgIpc) is 2.83. The van der Waals surface area contributed by atoms with Crippen molar-refractivity contribution in [3.8, 4) is 0 Å². The molecule has 3 N–H and O–H groups in total. The third-order valence-electron chi connectivity index (χ3n) is 3.97. The highest BCUT2D eigenvalue weighted by molar-refractivity contribution is 5.35. The molecule has 1 aromatic heterocycles. The molecule has 2 aliphatic rings. The Hall–Kier alpha value is -1.07. The van der Waals surface area contributed by atoms with E-state index < -0.39 is 0 Å². The van der Waals surface area contributed by atoms with E-state index in [-0.39, 0.29) is 0 Å². The van der Waals surface area contributed by atoms with Crippen LogP contribution in [0.15, 0.2) is 12.3 Å². The zero-order valence-corrected chi connectivity index (χ0v) is 10.3. The number of aromatic nitrogens is 2. The SMILES string of the molecule is CC1CCNC1CNc1ccnn1C1CNC1. The Morgan fingerprint density at radius 2 is 2.41 bits per heavy atom. The van der Waals surface area contributed by atoms with Crippen LogP contribution in [-0.4, -0.2) is 42.0 Å². The van der Waals surface area contributed by atoms with Crippen LogP contribution < -0.4 is 16.0 Å². The number of rotatable bonds is 4. The lowest BCUT2D eigenvalue weighted by Crippen LogP contribution is -2.44. The predicted molar refractivity (Wildman–Crippen MR) is 68.2 cm³/mol. The fourth-order valence-electron chi connectivity index (χ4n) is 2.58. The van der Waals surface area contributed by atoms with Crippen LogP contribution in [-0.2, 0) is 0 Å². The molecule has 0 aliphatic carbocycles. The summed E-state index contributed by atoms with van der Waals surface area (Å²) in [4.78, 5) is 0. The monoisotopic (exact) mass is 235 g/mol. The first-order chi connectivity index (χ1) is 8.34. The summed E-state index contributed by atoms with van der Waals surface area (Å²) in [6.45, 7) is 6.54. The largest absolute Gasteiger partial charge is 0.369 e. The highest BCUT2D eigenvalue weighted by Crippen LogP contribution is 2.19. The van der Waals surface area contributed by atoms with E-state index in [1.165, 1.54) is 6.42 Å². The first-order valence-electron chi connectivity index (χ1n) is 6.56. The van der Waals surface area contributed by atoms with Crippen molar-refractivity contribution in [1.29, 1.82) is 0 Å². The first kappa shape index (κ1) is 11.0. The number of nitrogens with zero attached hydrogens (tertiary/aromatic N) is 2. The van der Waals surface area contributed by atoms with Gasteiger partial charge in [-0.25, -0.2) is 4.68 Å². The van der Waals surface area contributed by atoms with E-state index in [2.05, 4.69) is 38.7 Å². The van der Waals surface area contributed by atoms with Gasteiger partial charge >= 0.3 is 0 Å². The first-order valence-corrected chi connectivity index (χ1v) is 6.56. The number of hydrogen-bond acceptors (Lipinski definition) is 4. The van der Waals surface area contributed by atoms with Crippen LogP contribution in [0, 0.1) is 5.92 Å². The van der Waals surface area contributed by atoms with Gasteiger partial charge in [0.1, 0.15) is 5.82 Å². The topological polar surface area (TPSA) is 53.9 Å². The van der Waals surface area contributed by atoms with Gasteiger partial charge in [-0.05, 0) is 18.9 Å². The maximum Gasteiger partial charge on any atom is 0.124 e. The number of anilines is 1. The van der Waals surface area contributed by atoms with E-state index in [9.17, 15) is 0 Å². The minimum atomic E-state index is 0.529. The van der Waals surface area contributed by atoms with Gasteiger partial charge in [-0.1, -0.05) is 6.92 Å². The Morgan fingerprint density at radius 1 is 1.53 bits per heavy atom. The fourth-order valence-corrected chi connectivity index (χ4v) is 2.58. The molecule has 17 heavy (non-hydrogen) atoms. The highest BCUT2D eigenvalue weighted by atomic mass is 15.4. The van der Waals surface area contributed by atoms with Crippen LogP contribution in [0.3, 0.4) is 0 Å². The second kappa shape index (κ2) is 4.66. The summed E-state index contributed by atoms with van der Waals surface area (Å²) in [5.41, 5.74) is 0. The fraction of sp³-hybridized carbons (Fsp3) is 0.750. The van der Waals surface area contributed by atoms with Crippen molar-refractivity contribution in [3.63, 3.8) is 0 Å². The molecule has 2 fully saturated rings. The van der Waals surface area contributed by atoms with Crippen molar-refractivity contribution in [2.45, 2.75) is 25.4 Å². The van der Waals surface area contributed by atoms with E-state index >= 15 is 0 Å². The van der Waals surface area contributed by atoms with Gasteiger partial charge in [0, 0.05) is 31.7 Å². The molecular formula is C12H21N5. The molecule has 0 spiro atoms. The lowest BCUT2D eigenvalue weighted by atomic mass is 10.0. The summed E-state index contributed by atoms with van der Waals surface area (Å²) in [5, 5.41) is 14.7. The molecule has 2 saturated heterocycles. The Balaban J connectivity index is 1.59. The maximum atomic E-state index is 4.40. The number of hydrogen-bond donors (Lipinski definition) is 3. The Bertz CT molecular complexity index is 371. The molecule has 0 amide bonds. The lowest BCUT2D eigenvalue weighted by Gasteiger charge is -2.29. The molecule has 5 heteroatoms. The second-order valence-corrected chi connectivity index (χ2v) is 5.18. The summed E-state index contributed by atoms with van der Waals surface area (Å²) >= 11 is 0. The molecule has 2 atom stereocenters. The predicted octanol–water partition coefficient (Wildman–Crippen LogP) is 0.437. The summed E-state index contributed by atoms with van der Waals surface area (Å²) in [7, 11) is 0. The van der Waals surface area contributed by atoms with Crippen LogP contribution in [0.25, 0.3) is 0 Å². The molecule has 0 radical (unpaired) electrons. The molecule has 1 aromatic rings. The van der Waals surface area contributed by atoms with Crippen LogP contribution in [0.4, 0.5) is 5.82 Å². The second-order valence-electron chi connectivity index (χ2n) is 5.18. The van der Waals surface area contributed by atoms with Gasteiger partial charge in [-0.15, -0.1) is 0 Å². The summed E-state index contributed by atoms with van der Waals surface area (Å²) in [5.74, 6) is 1.92. The smallest absolute Gasteiger partial charge is 0.124 e. The standard InChI is InChI=1S/C12H21N5/c1-9-2-4-14-11(9)8-15-12-3-5-16-17(12)10-6-13-7-10/h3,5,9-11,13-15H,2,4,6-8H2,1H3. The van der Waals surface area contributed by atoms with Gasteiger partial charge in [0.25, 0.3) is 0 Å². The highest BCUT2D eigenvalue weighted by Gasteiger charge is 2.24. The van der Waals surface area contributed by atoms with Gasteiger partial charge in [0.15, 0.2) is 0 Å². The summed E-state index contributed by atoms with van der Waals surface area (Å²) in [6.07, 6.45) is 3.17. The molecule has 5 nitrogen and oxygen atoms in total.